The predicted molar refractivity (Wildman–Crippen MR) is 181 cm³/mol. The maximum absolute atomic E-state index is 12.1. The van der Waals surface area contributed by atoms with E-state index in [2.05, 4.69) is 47.3 Å². The molecule has 0 unspecified atom stereocenters. The molecule has 1 aliphatic rings. The van der Waals surface area contributed by atoms with Crippen molar-refractivity contribution in [1.29, 1.82) is 0 Å². The van der Waals surface area contributed by atoms with Gasteiger partial charge in [0.05, 0.1) is 33.5 Å². The summed E-state index contributed by atoms with van der Waals surface area (Å²) in [6.45, 7) is 4.29. The second-order valence-corrected chi connectivity index (χ2v) is 11.4. The molecule has 5 rings (SSSR count). The summed E-state index contributed by atoms with van der Waals surface area (Å²) in [5, 5.41) is 14.1. The molecule has 0 atom stereocenters. The highest BCUT2D eigenvalue weighted by atomic mass is 16.5. The Balaban J connectivity index is 1.05. The van der Waals surface area contributed by atoms with E-state index in [0.29, 0.717) is 75.4 Å². The zero-order chi connectivity index (χ0) is 31.8. The first-order valence-electron chi connectivity index (χ1n) is 16.3. The van der Waals surface area contributed by atoms with Crippen LogP contribution in [0.25, 0.3) is 10.9 Å². The number of anilines is 3. The number of aromatic amines is 1. The number of benzene rings is 2. The highest BCUT2D eigenvalue weighted by Crippen LogP contribution is 2.25. The molecule has 1 fully saturated rings. The predicted octanol–water partition coefficient (Wildman–Crippen LogP) is 4.88. The molecule has 1 aliphatic carbocycles. The Morgan fingerprint density at radius 2 is 1.52 bits per heavy atom. The van der Waals surface area contributed by atoms with Gasteiger partial charge in [0, 0.05) is 48.8 Å². The summed E-state index contributed by atoms with van der Waals surface area (Å²) in [4.78, 5) is 29.3. The maximum atomic E-state index is 12.1. The van der Waals surface area contributed by atoms with E-state index >= 15 is 0 Å². The third kappa shape index (κ3) is 10.3. The molecule has 0 aliphatic heterocycles. The third-order valence-corrected chi connectivity index (χ3v) is 8.03. The fourth-order valence-electron chi connectivity index (χ4n) is 5.53. The van der Waals surface area contributed by atoms with Crippen LogP contribution >= 0.6 is 0 Å². The summed E-state index contributed by atoms with van der Waals surface area (Å²) in [5.74, 6) is 2.96. The number of ether oxygens (including phenoxy) is 3. The first-order chi connectivity index (χ1) is 22.7. The maximum Gasteiger partial charge on any atom is 0.251 e. The smallest absolute Gasteiger partial charge is 0.251 e. The van der Waals surface area contributed by atoms with Crippen LogP contribution in [-0.2, 0) is 15.9 Å². The van der Waals surface area contributed by atoms with Gasteiger partial charge < -0.3 is 40.5 Å². The van der Waals surface area contributed by atoms with Gasteiger partial charge in [-0.25, -0.2) is 0 Å². The quantitative estimate of drug-likeness (QED) is 0.0908. The minimum Gasteiger partial charge on any atom is -0.497 e. The number of H-pyrrole nitrogens is 1. The molecule has 12 heteroatoms. The second kappa shape index (κ2) is 17.9. The van der Waals surface area contributed by atoms with Gasteiger partial charge in [-0.05, 0) is 61.1 Å². The summed E-state index contributed by atoms with van der Waals surface area (Å²) in [5.41, 5.74) is 2.92. The molecular weight excluding hydrogens is 584 g/mol. The van der Waals surface area contributed by atoms with Crippen LogP contribution in [0.1, 0.15) is 48.0 Å². The average molecular weight is 631 g/mol. The van der Waals surface area contributed by atoms with E-state index in [0.717, 1.165) is 29.6 Å². The molecule has 1 saturated carbocycles. The SMILES string of the molecule is COc1ccc2[nH]cc(CCNc3nc(NCCOCCOCCNC(=O)c4ccccc4)nc(NCC4CCCCC4)n3)c2c1. The Labute approximate surface area is 270 Å². The zero-order valence-corrected chi connectivity index (χ0v) is 26.6. The first kappa shape index (κ1) is 33.0. The zero-order valence-electron chi connectivity index (χ0n) is 26.6. The summed E-state index contributed by atoms with van der Waals surface area (Å²) in [7, 11) is 1.68. The van der Waals surface area contributed by atoms with Crippen molar-refractivity contribution in [3.8, 4) is 5.75 Å². The molecule has 5 N–H and O–H groups in total. The number of hydrogen-bond donors (Lipinski definition) is 5. The molecule has 0 radical (unpaired) electrons. The number of fused-ring (bicyclic) bond motifs is 1. The van der Waals surface area contributed by atoms with Gasteiger partial charge in [-0.1, -0.05) is 37.5 Å². The summed E-state index contributed by atoms with van der Waals surface area (Å²) >= 11 is 0. The van der Waals surface area contributed by atoms with Crippen LogP contribution in [-0.4, -0.2) is 85.6 Å². The Bertz CT molecular complexity index is 1490. The van der Waals surface area contributed by atoms with E-state index in [1.807, 2.05) is 36.5 Å². The Kier molecular flexibility index (Phi) is 12.8. The molecule has 4 aromatic rings. The number of hydrogen-bond acceptors (Lipinski definition) is 10. The van der Waals surface area contributed by atoms with Crippen LogP contribution in [0.2, 0.25) is 0 Å². The van der Waals surface area contributed by atoms with Crippen molar-refractivity contribution in [2.75, 3.05) is 75.7 Å². The fourth-order valence-corrected chi connectivity index (χ4v) is 5.53. The van der Waals surface area contributed by atoms with E-state index in [-0.39, 0.29) is 5.91 Å². The minimum atomic E-state index is -0.106. The lowest BCUT2D eigenvalue weighted by atomic mass is 9.89. The van der Waals surface area contributed by atoms with Crippen molar-refractivity contribution in [3.05, 3.63) is 65.9 Å². The topological polar surface area (TPSA) is 147 Å². The van der Waals surface area contributed by atoms with Gasteiger partial charge in [-0.15, -0.1) is 0 Å². The molecule has 0 saturated heterocycles. The van der Waals surface area contributed by atoms with Crippen LogP contribution in [0.15, 0.2) is 54.7 Å². The van der Waals surface area contributed by atoms with E-state index in [1.54, 1.807) is 19.2 Å². The number of methoxy groups -OCH3 is 1. The lowest BCUT2D eigenvalue weighted by molar-refractivity contribution is 0.0519. The average Bonchev–Trinajstić information content (AvgIpc) is 3.50. The summed E-state index contributed by atoms with van der Waals surface area (Å²) in [6.07, 6.45) is 9.23. The Morgan fingerprint density at radius 1 is 0.826 bits per heavy atom. The second-order valence-electron chi connectivity index (χ2n) is 11.4. The molecule has 0 spiro atoms. The number of nitrogens with zero attached hydrogens (tertiary/aromatic N) is 3. The van der Waals surface area contributed by atoms with E-state index in [1.165, 1.54) is 37.7 Å². The van der Waals surface area contributed by atoms with Crippen molar-refractivity contribution in [2.45, 2.75) is 38.5 Å². The van der Waals surface area contributed by atoms with Gasteiger partial charge in [0.25, 0.3) is 5.91 Å². The molecule has 2 aromatic heterocycles. The number of amides is 1. The molecule has 2 aromatic carbocycles. The molecule has 2 heterocycles. The van der Waals surface area contributed by atoms with Crippen molar-refractivity contribution in [2.24, 2.45) is 5.92 Å². The van der Waals surface area contributed by atoms with Gasteiger partial charge in [0.2, 0.25) is 17.8 Å². The lowest BCUT2D eigenvalue weighted by Gasteiger charge is -2.21. The number of rotatable bonds is 19. The van der Waals surface area contributed by atoms with Crippen LogP contribution in [0.5, 0.6) is 5.75 Å². The normalized spacial score (nSPS) is 13.4. The summed E-state index contributed by atoms with van der Waals surface area (Å²) in [6, 6.07) is 15.2. The molecule has 46 heavy (non-hydrogen) atoms. The summed E-state index contributed by atoms with van der Waals surface area (Å²) < 4.78 is 16.7. The molecule has 1 amide bonds. The van der Waals surface area contributed by atoms with Crippen LogP contribution in [0.3, 0.4) is 0 Å². The number of nitrogens with one attached hydrogen (secondary N) is 5. The fraction of sp³-hybridized carbons (Fsp3) is 0.471. The van der Waals surface area contributed by atoms with Crippen molar-refractivity contribution in [1.82, 2.24) is 25.3 Å². The highest BCUT2D eigenvalue weighted by Gasteiger charge is 2.15. The van der Waals surface area contributed by atoms with Gasteiger partial charge in [-0.2, -0.15) is 15.0 Å². The number of carbonyl (C=O) groups is 1. The van der Waals surface area contributed by atoms with E-state index in [4.69, 9.17) is 14.2 Å². The third-order valence-electron chi connectivity index (χ3n) is 8.03. The highest BCUT2D eigenvalue weighted by molar-refractivity contribution is 5.94. The van der Waals surface area contributed by atoms with Crippen LogP contribution in [0, 0.1) is 5.92 Å². The van der Waals surface area contributed by atoms with Gasteiger partial charge in [-0.3, -0.25) is 4.79 Å². The number of aromatic nitrogens is 4. The molecule has 246 valence electrons. The van der Waals surface area contributed by atoms with E-state index < -0.39 is 0 Å². The van der Waals surface area contributed by atoms with Gasteiger partial charge in [0.1, 0.15) is 5.75 Å². The molecule has 12 nitrogen and oxygen atoms in total. The largest absolute Gasteiger partial charge is 0.497 e. The minimum absolute atomic E-state index is 0.106. The van der Waals surface area contributed by atoms with Crippen molar-refractivity contribution >= 4 is 34.7 Å². The van der Waals surface area contributed by atoms with Gasteiger partial charge in [0.15, 0.2) is 0 Å². The van der Waals surface area contributed by atoms with Crippen molar-refractivity contribution < 1.29 is 19.0 Å². The first-order valence-corrected chi connectivity index (χ1v) is 16.3. The number of carbonyl (C=O) groups excluding carboxylic acids is 1. The van der Waals surface area contributed by atoms with Crippen LogP contribution < -0.4 is 26.0 Å². The molecule has 0 bridgehead atoms. The van der Waals surface area contributed by atoms with Gasteiger partial charge >= 0.3 is 0 Å². The Hall–Kier alpha value is -4.42. The monoisotopic (exact) mass is 630 g/mol. The standard InChI is InChI=1S/C34H46N8O4/c1-44-28-12-13-30-29(22-28)27(24-38-30)14-15-36-32-40-33(42-34(41-32)39-23-25-8-4-2-5-9-25)37-17-19-46-21-20-45-18-16-35-31(43)26-10-6-3-7-11-26/h3,6-7,10-13,22,24-25,38H,2,4-5,8-9,14-21,23H2,1H3,(H,35,43)(H3,36,37,39,40,41,42). The molecular formula is C34H46N8O4. The van der Waals surface area contributed by atoms with Crippen molar-refractivity contribution in [3.63, 3.8) is 0 Å². The van der Waals surface area contributed by atoms with E-state index in [9.17, 15) is 4.79 Å². The lowest BCUT2D eigenvalue weighted by Crippen LogP contribution is -2.27. The van der Waals surface area contributed by atoms with Crippen LogP contribution in [0.4, 0.5) is 17.8 Å². The Morgan fingerprint density at radius 3 is 2.26 bits per heavy atom.